The minimum atomic E-state index is -3.09. The highest BCUT2D eigenvalue weighted by molar-refractivity contribution is 7.88. The zero-order valence-corrected chi connectivity index (χ0v) is 15.4. The van der Waals surface area contributed by atoms with Gasteiger partial charge in [0.05, 0.1) is 6.26 Å². The summed E-state index contributed by atoms with van der Waals surface area (Å²) in [6.45, 7) is 5.55. The van der Waals surface area contributed by atoms with Crippen LogP contribution in [0.2, 0.25) is 0 Å². The Morgan fingerprint density at radius 1 is 1.04 bits per heavy atom. The Bertz CT molecular complexity index is 775. The van der Waals surface area contributed by atoms with Gasteiger partial charge < -0.3 is 9.80 Å². The molecule has 2 aliphatic rings. The van der Waals surface area contributed by atoms with Crippen molar-refractivity contribution in [2.24, 2.45) is 0 Å². The van der Waals surface area contributed by atoms with Crippen LogP contribution in [0.4, 0.5) is 0 Å². The van der Waals surface area contributed by atoms with Crippen LogP contribution in [0, 0.1) is 6.92 Å². The molecule has 2 heterocycles. The van der Waals surface area contributed by atoms with Crippen molar-refractivity contribution in [1.82, 2.24) is 14.1 Å². The molecule has 0 amide bonds. The van der Waals surface area contributed by atoms with E-state index in [1.165, 1.54) is 28.8 Å². The number of nitrogens with zero attached hydrogens (tertiary/aromatic N) is 3. The van der Waals surface area contributed by atoms with Gasteiger partial charge in [-0.2, -0.15) is 4.31 Å². The summed E-state index contributed by atoms with van der Waals surface area (Å²) < 4.78 is 24.9. The Labute approximate surface area is 144 Å². The van der Waals surface area contributed by atoms with E-state index in [9.17, 15) is 8.42 Å². The van der Waals surface area contributed by atoms with E-state index in [4.69, 9.17) is 0 Å². The van der Waals surface area contributed by atoms with Crippen LogP contribution in [-0.4, -0.2) is 68.6 Å². The molecule has 5 nitrogen and oxygen atoms in total. The van der Waals surface area contributed by atoms with Crippen molar-refractivity contribution >= 4 is 15.6 Å². The van der Waals surface area contributed by atoms with E-state index in [1.807, 2.05) is 0 Å². The molecule has 1 aromatic rings. The first-order chi connectivity index (χ1) is 11.4. The first-order valence-electron chi connectivity index (χ1n) is 8.25. The molecule has 0 aliphatic carbocycles. The molecule has 1 aromatic carbocycles. The van der Waals surface area contributed by atoms with E-state index in [0.717, 1.165) is 19.6 Å². The predicted molar refractivity (Wildman–Crippen MR) is 97.9 cm³/mol. The quantitative estimate of drug-likeness (QED) is 0.835. The summed E-state index contributed by atoms with van der Waals surface area (Å²) in [5, 5.41) is 0. The monoisotopic (exact) mass is 347 g/mol. The lowest BCUT2D eigenvalue weighted by Gasteiger charge is -2.40. The molecule has 1 saturated heterocycles. The average Bonchev–Trinajstić information content (AvgIpc) is 2.55. The maximum absolute atomic E-state index is 11.7. The second-order valence-electron chi connectivity index (χ2n) is 6.51. The zero-order chi connectivity index (χ0) is 17.3. The van der Waals surface area contributed by atoms with Crippen molar-refractivity contribution in [2.75, 3.05) is 46.0 Å². The number of benzene rings is 1. The van der Waals surface area contributed by atoms with E-state index in [1.54, 1.807) is 4.31 Å². The van der Waals surface area contributed by atoms with Crippen LogP contribution in [0.15, 0.2) is 42.2 Å². The molecule has 0 aromatic heterocycles. The lowest BCUT2D eigenvalue weighted by molar-refractivity contribution is 0.181. The number of hydrogen-bond donors (Lipinski definition) is 0. The molecule has 0 saturated carbocycles. The molecule has 0 radical (unpaired) electrons. The standard InChI is InChI=1S/C18H25N3O2S/c1-15-6-4-5-7-17(15)16-8-9-19(2)18(14-16)20-10-12-21(13-11-20)24(3,22)23/h4-8,14H,9-13H2,1-3H3. The van der Waals surface area contributed by atoms with E-state index >= 15 is 0 Å². The topological polar surface area (TPSA) is 43.9 Å². The zero-order valence-electron chi connectivity index (χ0n) is 14.6. The molecule has 0 N–H and O–H groups in total. The summed E-state index contributed by atoms with van der Waals surface area (Å²) in [4.78, 5) is 4.50. The lowest BCUT2D eigenvalue weighted by Crippen LogP contribution is -2.50. The molecular weight excluding hydrogens is 322 g/mol. The summed E-state index contributed by atoms with van der Waals surface area (Å²) in [7, 11) is -1.01. The number of hydrogen-bond acceptors (Lipinski definition) is 4. The minimum absolute atomic E-state index is 0.549. The summed E-state index contributed by atoms with van der Waals surface area (Å²) in [6.07, 6.45) is 5.76. The van der Waals surface area contributed by atoms with Crippen LogP contribution in [0.3, 0.4) is 0 Å². The van der Waals surface area contributed by atoms with Gasteiger partial charge in [-0.05, 0) is 29.7 Å². The first kappa shape index (κ1) is 17.0. The van der Waals surface area contributed by atoms with Crippen molar-refractivity contribution < 1.29 is 8.42 Å². The Morgan fingerprint density at radius 2 is 1.71 bits per heavy atom. The van der Waals surface area contributed by atoms with E-state index in [0.29, 0.717) is 13.1 Å². The van der Waals surface area contributed by atoms with Gasteiger partial charge in [0.1, 0.15) is 5.82 Å². The highest BCUT2D eigenvalue weighted by atomic mass is 32.2. The van der Waals surface area contributed by atoms with Gasteiger partial charge in [-0.3, -0.25) is 0 Å². The maximum atomic E-state index is 11.7. The van der Waals surface area contributed by atoms with Gasteiger partial charge >= 0.3 is 0 Å². The highest BCUT2D eigenvalue weighted by Crippen LogP contribution is 2.27. The van der Waals surface area contributed by atoms with Gasteiger partial charge in [0.2, 0.25) is 10.0 Å². The van der Waals surface area contributed by atoms with Crippen LogP contribution >= 0.6 is 0 Å². The van der Waals surface area contributed by atoms with Crippen LogP contribution in [0.25, 0.3) is 5.57 Å². The molecule has 0 bridgehead atoms. The number of piperazine rings is 1. The Balaban J connectivity index is 1.80. The predicted octanol–water partition coefficient (Wildman–Crippen LogP) is 1.74. The fourth-order valence-electron chi connectivity index (χ4n) is 3.30. The highest BCUT2D eigenvalue weighted by Gasteiger charge is 2.26. The van der Waals surface area contributed by atoms with Gasteiger partial charge in [-0.15, -0.1) is 0 Å². The van der Waals surface area contributed by atoms with Crippen molar-refractivity contribution in [3.8, 4) is 0 Å². The van der Waals surface area contributed by atoms with Gasteiger partial charge in [0.25, 0.3) is 0 Å². The second-order valence-corrected chi connectivity index (χ2v) is 8.49. The van der Waals surface area contributed by atoms with Crippen LogP contribution in [0.1, 0.15) is 11.1 Å². The minimum Gasteiger partial charge on any atom is -0.358 e. The summed E-state index contributed by atoms with van der Waals surface area (Å²) in [5.74, 6) is 1.17. The van der Waals surface area contributed by atoms with E-state index < -0.39 is 10.0 Å². The van der Waals surface area contributed by atoms with Crippen LogP contribution in [-0.2, 0) is 10.0 Å². The summed E-state index contributed by atoms with van der Waals surface area (Å²) >= 11 is 0. The normalized spacial score (nSPS) is 20.0. The van der Waals surface area contributed by atoms with Gasteiger partial charge in [-0.1, -0.05) is 30.3 Å². The molecule has 130 valence electrons. The molecule has 6 heteroatoms. The second kappa shape index (κ2) is 6.61. The third kappa shape index (κ3) is 3.49. The molecule has 0 atom stereocenters. The van der Waals surface area contributed by atoms with Gasteiger partial charge in [0, 0.05) is 39.8 Å². The molecular formula is C18H25N3O2S. The number of aryl methyl sites for hydroxylation is 1. The van der Waals surface area contributed by atoms with Crippen molar-refractivity contribution in [3.63, 3.8) is 0 Å². The fourth-order valence-corrected chi connectivity index (χ4v) is 4.13. The summed E-state index contributed by atoms with van der Waals surface area (Å²) in [5.41, 5.74) is 3.77. The van der Waals surface area contributed by atoms with Crippen LogP contribution in [0.5, 0.6) is 0 Å². The SMILES string of the molecule is Cc1ccccc1C1=CCN(C)C(N2CCN(S(C)(=O)=O)CC2)=C1. The average molecular weight is 347 g/mol. The first-order valence-corrected chi connectivity index (χ1v) is 10.1. The van der Waals surface area contributed by atoms with Crippen molar-refractivity contribution in [1.29, 1.82) is 0 Å². The molecule has 24 heavy (non-hydrogen) atoms. The molecule has 2 aliphatic heterocycles. The Hall–Kier alpha value is -1.79. The Morgan fingerprint density at radius 3 is 2.33 bits per heavy atom. The Kier molecular flexibility index (Phi) is 4.69. The third-order valence-electron chi connectivity index (χ3n) is 4.75. The van der Waals surface area contributed by atoms with Crippen molar-refractivity contribution in [2.45, 2.75) is 6.92 Å². The largest absolute Gasteiger partial charge is 0.358 e. The molecule has 0 spiro atoms. The number of sulfonamides is 1. The van der Waals surface area contributed by atoms with E-state index in [2.05, 4.69) is 60.2 Å². The lowest BCUT2D eigenvalue weighted by atomic mass is 9.98. The smallest absolute Gasteiger partial charge is 0.211 e. The third-order valence-corrected chi connectivity index (χ3v) is 6.05. The number of likely N-dealkylation sites (N-methyl/N-ethyl adjacent to an activating group) is 1. The molecule has 3 rings (SSSR count). The number of rotatable bonds is 3. The summed E-state index contributed by atoms with van der Waals surface area (Å²) in [6, 6.07) is 8.42. The van der Waals surface area contributed by atoms with E-state index in [-0.39, 0.29) is 0 Å². The maximum Gasteiger partial charge on any atom is 0.211 e. The van der Waals surface area contributed by atoms with Crippen molar-refractivity contribution in [3.05, 3.63) is 53.4 Å². The van der Waals surface area contributed by atoms with Gasteiger partial charge in [-0.25, -0.2) is 8.42 Å². The van der Waals surface area contributed by atoms with Crippen LogP contribution < -0.4 is 0 Å². The number of allylic oxidation sites excluding steroid dienone is 2. The van der Waals surface area contributed by atoms with Gasteiger partial charge in [0.15, 0.2) is 0 Å². The molecule has 1 fully saturated rings. The molecule has 0 unspecified atom stereocenters. The fraction of sp³-hybridized carbons (Fsp3) is 0.444.